The van der Waals surface area contributed by atoms with Gasteiger partial charge in [-0.25, -0.2) is 4.79 Å². The van der Waals surface area contributed by atoms with Crippen LogP contribution in [0.25, 0.3) is 0 Å². The molecule has 1 aromatic carbocycles. The smallest absolute Gasteiger partial charge is 0.336 e. The molecule has 0 aliphatic carbocycles. The molecule has 0 atom stereocenters. The molecule has 2 rings (SSSR count). The number of carboxylic acids is 1. The molecular weight excluding hydrogens is 328 g/mol. The van der Waals surface area contributed by atoms with Crippen molar-refractivity contribution < 1.29 is 19.8 Å². The van der Waals surface area contributed by atoms with Crippen LogP contribution in [0.4, 0.5) is 5.69 Å². The average Bonchev–Trinajstić information content (AvgIpc) is 2.41. The Kier molecular flexibility index (Phi) is 3.99. The molecule has 7 heteroatoms. The van der Waals surface area contributed by atoms with Crippen molar-refractivity contribution in [2.75, 3.05) is 5.32 Å². The number of carboxylic acid groups (broad SMARTS) is 1. The average molecular weight is 337 g/mol. The van der Waals surface area contributed by atoms with Gasteiger partial charge in [0.05, 0.1) is 17.3 Å². The number of nitrogens with zero attached hydrogens (tertiary/aromatic N) is 1. The van der Waals surface area contributed by atoms with Crippen molar-refractivity contribution in [2.24, 2.45) is 0 Å². The molecule has 0 aliphatic rings. The highest BCUT2D eigenvalue weighted by atomic mass is 79.9. The lowest BCUT2D eigenvalue weighted by atomic mass is 10.2. The summed E-state index contributed by atoms with van der Waals surface area (Å²) in [6.45, 7) is 0. The quantitative estimate of drug-likeness (QED) is 0.799. The van der Waals surface area contributed by atoms with Gasteiger partial charge in [-0.15, -0.1) is 0 Å². The second-order valence-electron chi connectivity index (χ2n) is 3.85. The number of amides is 1. The Bertz CT molecular complexity index is 688. The minimum atomic E-state index is -1.11. The van der Waals surface area contributed by atoms with Gasteiger partial charge in [0.2, 0.25) is 0 Å². The highest BCUT2D eigenvalue weighted by Gasteiger charge is 2.13. The van der Waals surface area contributed by atoms with Crippen molar-refractivity contribution in [3.05, 3.63) is 52.3 Å². The summed E-state index contributed by atoms with van der Waals surface area (Å²) < 4.78 is 0.412. The molecule has 1 aromatic heterocycles. The van der Waals surface area contributed by atoms with Crippen LogP contribution in [0.1, 0.15) is 20.7 Å². The zero-order valence-corrected chi connectivity index (χ0v) is 11.6. The van der Waals surface area contributed by atoms with E-state index in [2.05, 4.69) is 26.2 Å². The van der Waals surface area contributed by atoms with Gasteiger partial charge in [-0.3, -0.25) is 9.78 Å². The summed E-state index contributed by atoms with van der Waals surface area (Å²) in [5.41, 5.74) is 0.397. The highest BCUT2D eigenvalue weighted by molar-refractivity contribution is 9.10. The Morgan fingerprint density at radius 3 is 2.60 bits per heavy atom. The lowest BCUT2D eigenvalue weighted by molar-refractivity contribution is 0.0695. The van der Waals surface area contributed by atoms with Gasteiger partial charge in [-0.05, 0) is 40.2 Å². The van der Waals surface area contributed by atoms with Crippen LogP contribution >= 0.6 is 15.9 Å². The normalized spacial score (nSPS) is 10.1. The summed E-state index contributed by atoms with van der Waals surface area (Å²) >= 11 is 3.11. The fraction of sp³-hybridized carbons (Fsp3) is 0. The van der Waals surface area contributed by atoms with E-state index in [1.54, 1.807) is 6.07 Å². The third-order valence-corrected chi connectivity index (χ3v) is 3.19. The number of halogens is 1. The number of hydrogen-bond donors (Lipinski definition) is 3. The number of carbonyl (C=O) groups is 2. The predicted molar refractivity (Wildman–Crippen MR) is 75.0 cm³/mol. The number of pyridine rings is 1. The largest absolute Gasteiger partial charge is 0.505 e. The van der Waals surface area contributed by atoms with Crippen molar-refractivity contribution in [1.29, 1.82) is 0 Å². The molecule has 102 valence electrons. The maximum atomic E-state index is 11.9. The molecule has 0 saturated carbocycles. The van der Waals surface area contributed by atoms with E-state index in [9.17, 15) is 14.7 Å². The Balaban J connectivity index is 2.27. The maximum absolute atomic E-state index is 11.9. The minimum absolute atomic E-state index is 0.0294. The second kappa shape index (κ2) is 5.70. The summed E-state index contributed by atoms with van der Waals surface area (Å²) in [6, 6.07) is 5.75. The van der Waals surface area contributed by atoms with Gasteiger partial charge in [0.15, 0.2) is 0 Å². The molecule has 0 fully saturated rings. The molecular formula is C13H9BrN2O4. The van der Waals surface area contributed by atoms with E-state index in [0.29, 0.717) is 10.2 Å². The summed E-state index contributed by atoms with van der Waals surface area (Å²) in [6.07, 6.45) is 2.53. The van der Waals surface area contributed by atoms with Crippen LogP contribution in [-0.4, -0.2) is 27.1 Å². The van der Waals surface area contributed by atoms with Gasteiger partial charge in [0, 0.05) is 16.4 Å². The van der Waals surface area contributed by atoms with E-state index >= 15 is 0 Å². The number of nitrogens with one attached hydrogen (secondary N) is 1. The Morgan fingerprint density at radius 2 is 1.95 bits per heavy atom. The van der Waals surface area contributed by atoms with E-state index in [1.807, 2.05) is 0 Å². The molecule has 0 radical (unpaired) electrons. The number of aromatic carboxylic acids is 1. The third kappa shape index (κ3) is 2.94. The molecule has 0 bridgehead atoms. The molecule has 0 spiro atoms. The summed E-state index contributed by atoms with van der Waals surface area (Å²) in [5.74, 6) is -1.91. The first-order valence-electron chi connectivity index (χ1n) is 5.46. The van der Waals surface area contributed by atoms with Gasteiger partial charge in [-0.2, -0.15) is 0 Å². The van der Waals surface area contributed by atoms with Gasteiger partial charge in [-0.1, -0.05) is 0 Å². The first-order chi connectivity index (χ1) is 9.49. The number of carbonyl (C=O) groups excluding carboxylic acids is 1. The molecule has 2 aromatic rings. The monoisotopic (exact) mass is 336 g/mol. The first kappa shape index (κ1) is 14.0. The van der Waals surface area contributed by atoms with Crippen LogP contribution < -0.4 is 5.32 Å². The van der Waals surface area contributed by atoms with E-state index in [0.717, 1.165) is 6.20 Å². The molecule has 1 amide bonds. The lowest BCUT2D eigenvalue weighted by Gasteiger charge is -2.08. The Morgan fingerprint density at radius 1 is 1.20 bits per heavy atom. The Labute approximate surface area is 122 Å². The Hall–Kier alpha value is -2.41. The molecule has 0 aliphatic heterocycles. The molecule has 20 heavy (non-hydrogen) atoms. The van der Waals surface area contributed by atoms with Crippen LogP contribution in [0.2, 0.25) is 0 Å². The van der Waals surface area contributed by atoms with Crippen LogP contribution in [0, 0.1) is 0 Å². The fourth-order valence-corrected chi connectivity index (χ4v) is 1.96. The van der Waals surface area contributed by atoms with Crippen molar-refractivity contribution in [3.63, 3.8) is 0 Å². The fourth-order valence-electron chi connectivity index (χ4n) is 1.54. The maximum Gasteiger partial charge on any atom is 0.336 e. The molecule has 0 saturated heterocycles. The van der Waals surface area contributed by atoms with Gasteiger partial charge in [0.1, 0.15) is 5.75 Å². The van der Waals surface area contributed by atoms with Crippen LogP contribution in [-0.2, 0) is 0 Å². The molecule has 6 nitrogen and oxygen atoms in total. The number of benzene rings is 1. The van der Waals surface area contributed by atoms with E-state index < -0.39 is 11.9 Å². The SMILES string of the molecule is O=C(Nc1ccc(Br)c(C(=O)O)c1)c1ccncc1O. The minimum Gasteiger partial charge on any atom is -0.505 e. The number of aromatic nitrogens is 1. The molecule has 1 heterocycles. The van der Waals surface area contributed by atoms with E-state index in [-0.39, 0.29) is 16.9 Å². The van der Waals surface area contributed by atoms with Gasteiger partial charge in [0.25, 0.3) is 5.91 Å². The number of rotatable bonds is 3. The molecule has 3 N–H and O–H groups in total. The summed E-state index contributed by atoms with van der Waals surface area (Å²) in [7, 11) is 0. The zero-order chi connectivity index (χ0) is 14.7. The van der Waals surface area contributed by atoms with Crippen LogP contribution in [0.3, 0.4) is 0 Å². The molecule has 0 unspecified atom stereocenters. The second-order valence-corrected chi connectivity index (χ2v) is 4.70. The summed E-state index contributed by atoms with van der Waals surface area (Å²) in [5, 5.41) is 21.0. The highest BCUT2D eigenvalue weighted by Crippen LogP contribution is 2.22. The lowest BCUT2D eigenvalue weighted by Crippen LogP contribution is -2.13. The number of hydrogen-bond acceptors (Lipinski definition) is 4. The van der Waals surface area contributed by atoms with Crippen molar-refractivity contribution >= 4 is 33.5 Å². The predicted octanol–water partition coefficient (Wildman–Crippen LogP) is 2.50. The zero-order valence-electron chi connectivity index (χ0n) is 10.0. The summed E-state index contributed by atoms with van der Waals surface area (Å²) in [4.78, 5) is 26.6. The number of anilines is 1. The first-order valence-corrected chi connectivity index (χ1v) is 6.25. The van der Waals surface area contributed by atoms with Crippen molar-refractivity contribution in [3.8, 4) is 5.75 Å². The van der Waals surface area contributed by atoms with Gasteiger partial charge < -0.3 is 15.5 Å². The number of aromatic hydroxyl groups is 1. The van der Waals surface area contributed by atoms with E-state index in [4.69, 9.17) is 5.11 Å². The third-order valence-electron chi connectivity index (χ3n) is 2.50. The van der Waals surface area contributed by atoms with Crippen molar-refractivity contribution in [1.82, 2.24) is 4.98 Å². The van der Waals surface area contributed by atoms with Crippen LogP contribution in [0.15, 0.2) is 41.1 Å². The topological polar surface area (TPSA) is 99.5 Å². The van der Waals surface area contributed by atoms with Gasteiger partial charge >= 0.3 is 5.97 Å². The van der Waals surface area contributed by atoms with E-state index in [1.165, 1.54) is 24.4 Å². The van der Waals surface area contributed by atoms with Crippen LogP contribution in [0.5, 0.6) is 5.75 Å². The standard InChI is InChI=1S/C13H9BrN2O4/c14-10-2-1-7(5-9(10)13(19)20)16-12(18)8-3-4-15-6-11(8)17/h1-6,17H,(H,16,18)(H,19,20). The van der Waals surface area contributed by atoms with Crippen molar-refractivity contribution in [2.45, 2.75) is 0 Å².